The van der Waals surface area contributed by atoms with Crippen molar-refractivity contribution >= 4 is 27.4 Å². The molecular formula is C20H21NO3S2. The van der Waals surface area contributed by atoms with E-state index in [2.05, 4.69) is 0 Å². The van der Waals surface area contributed by atoms with Gasteiger partial charge in [0.25, 0.3) is 0 Å². The van der Waals surface area contributed by atoms with Crippen molar-refractivity contribution in [3.8, 4) is 0 Å². The Morgan fingerprint density at radius 1 is 1.15 bits per heavy atom. The summed E-state index contributed by atoms with van der Waals surface area (Å²) in [6.07, 6.45) is 5.47. The molecule has 0 aliphatic carbocycles. The first-order chi connectivity index (χ1) is 12.5. The average molecular weight is 388 g/mol. The minimum Gasteiger partial charge on any atom is -0.472 e. The zero-order chi connectivity index (χ0) is 18.4. The van der Waals surface area contributed by atoms with Crippen molar-refractivity contribution in [2.45, 2.75) is 19.9 Å². The van der Waals surface area contributed by atoms with Crippen LogP contribution < -0.4 is 0 Å². The molecule has 3 aromatic rings. The first-order valence-corrected chi connectivity index (χ1v) is 10.7. The van der Waals surface area contributed by atoms with E-state index in [0.717, 1.165) is 16.7 Å². The molecule has 26 heavy (non-hydrogen) atoms. The molecule has 136 valence electrons. The van der Waals surface area contributed by atoms with Gasteiger partial charge < -0.3 is 4.42 Å². The molecule has 0 aliphatic rings. The van der Waals surface area contributed by atoms with Crippen LogP contribution in [0.1, 0.15) is 21.6 Å². The quantitative estimate of drug-likeness (QED) is 0.563. The van der Waals surface area contributed by atoms with Crippen molar-refractivity contribution in [1.82, 2.24) is 4.31 Å². The van der Waals surface area contributed by atoms with Crippen LogP contribution in [0.2, 0.25) is 0 Å². The van der Waals surface area contributed by atoms with Crippen molar-refractivity contribution < 1.29 is 12.8 Å². The molecule has 0 N–H and O–H groups in total. The molecular weight excluding hydrogens is 366 g/mol. The predicted molar refractivity (Wildman–Crippen MR) is 106 cm³/mol. The van der Waals surface area contributed by atoms with E-state index in [0.29, 0.717) is 19.5 Å². The molecule has 0 spiro atoms. The van der Waals surface area contributed by atoms with Crippen molar-refractivity contribution in [2.75, 3.05) is 6.54 Å². The van der Waals surface area contributed by atoms with Crippen LogP contribution in [0.4, 0.5) is 0 Å². The van der Waals surface area contributed by atoms with Gasteiger partial charge in [0.1, 0.15) is 0 Å². The highest BCUT2D eigenvalue weighted by atomic mass is 32.2. The monoisotopic (exact) mass is 387 g/mol. The van der Waals surface area contributed by atoms with Gasteiger partial charge in [-0.3, -0.25) is 0 Å². The standard InChI is InChI=1S/C20H21NO3S2/c1-17-4-6-18(7-5-17)10-14-26(22,23)21(15-19-9-12-24-16-19)11-8-20-3-2-13-25-20/h2-7,9-10,12-14,16H,8,11,15H2,1H3/b14-10+. The number of hydrogen-bond acceptors (Lipinski definition) is 4. The van der Waals surface area contributed by atoms with Gasteiger partial charge in [0, 0.05) is 28.9 Å². The lowest BCUT2D eigenvalue weighted by Crippen LogP contribution is -2.30. The Morgan fingerprint density at radius 2 is 1.96 bits per heavy atom. The minimum atomic E-state index is -3.54. The number of aryl methyl sites for hydroxylation is 1. The molecule has 0 atom stereocenters. The highest BCUT2D eigenvalue weighted by molar-refractivity contribution is 7.92. The summed E-state index contributed by atoms with van der Waals surface area (Å²) >= 11 is 1.64. The summed E-state index contributed by atoms with van der Waals surface area (Å²) in [5.41, 5.74) is 2.84. The first-order valence-electron chi connectivity index (χ1n) is 8.31. The van der Waals surface area contributed by atoms with Gasteiger partial charge in [-0.25, -0.2) is 8.42 Å². The number of sulfonamides is 1. The van der Waals surface area contributed by atoms with E-state index < -0.39 is 10.0 Å². The van der Waals surface area contributed by atoms with Gasteiger partial charge in [0.2, 0.25) is 10.0 Å². The maximum absolute atomic E-state index is 12.9. The smallest absolute Gasteiger partial charge is 0.236 e. The summed E-state index contributed by atoms with van der Waals surface area (Å²) in [5.74, 6) is 0. The molecule has 0 aliphatic heterocycles. The molecule has 4 nitrogen and oxygen atoms in total. The van der Waals surface area contributed by atoms with Crippen LogP contribution in [0.25, 0.3) is 6.08 Å². The highest BCUT2D eigenvalue weighted by Gasteiger charge is 2.20. The van der Waals surface area contributed by atoms with Crippen molar-refractivity contribution in [3.63, 3.8) is 0 Å². The van der Waals surface area contributed by atoms with E-state index in [4.69, 9.17) is 4.42 Å². The van der Waals surface area contributed by atoms with Gasteiger partial charge in [0.05, 0.1) is 12.5 Å². The molecule has 0 fully saturated rings. The third kappa shape index (κ3) is 5.17. The summed E-state index contributed by atoms with van der Waals surface area (Å²) in [6.45, 7) is 2.72. The second kappa shape index (κ2) is 8.49. The molecule has 0 saturated heterocycles. The number of hydrogen-bond donors (Lipinski definition) is 0. The third-order valence-corrected chi connectivity index (χ3v) is 6.44. The van der Waals surface area contributed by atoms with Crippen LogP contribution in [0, 0.1) is 6.92 Å². The van der Waals surface area contributed by atoms with Crippen LogP contribution in [-0.2, 0) is 23.0 Å². The Morgan fingerprint density at radius 3 is 2.62 bits per heavy atom. The lowest BCUT2D eigenvalue weighted by atomic mass is 10.2. The fraction of sp³-hybridized carbons (Fsp3) is 0.200. The molecule has 0 unspecified atom stereocenters. The number of furan rings is 1. The van der Waals surface area contributed by atoms with Gasteiger partial charge in [0.15, 0.2) is 0 Å². The molecule has 2 aromatic heterocycles. The van der Waals surface area contributed by atoms with E-state index in [1.165, 1.54) is 14.6 Å². The normalized spacial score (nSPS) is 12.2. The van der Waals surface area contributed by atoms with Crippen molar-refractivity contribution in [3.05, 3.63) is 87.3 Å². The third-order valence-electron chi connectivity index (χ3n) is 4.00. The van der Waals surface area contributed by atoms with E-state index in [-0.39, 0.29) is 0 Å². The molecule has 1 aromatic carbocycles. The topological polar surface area (TPSA) is 50.5 Å². The van der Waals surface area contributed by atoms with Crippen LogP contribution in [-0.4, -0.2) is 19.3 Å². The molecule has 0 amide bonds. The van der Waals surface area contributed by atoms with E-state index in [1.54, 1.807) is 36.0 Å². The van der Waals surface area contributed by atoms with Gasteiger partial charge in [-0.05, 0) is 42.5 Å². The van der Waals surface area contributed by atoms with Gasteiger partial charge in [-0.2, -0.15) is 4.31 Å². The summed E-state index contributed by atoms with van der Waals surface area (Å²) in [6, 6.07) is 13.5. The van der Waals surface area contributed by atoms with Crippen molar-refractivity contribution in [1.29, 1.82) is 0 Å². The molecule has 3 rings (SSSR count). The fourth-order valence-corrected chi connectivity index (χ4v) is 4.37. The number of nitrogens with zero attached hydrogens (tertiary/aromatic N) is 1. The number of thiophene rings is 1. The largest absolute Gasteiger partial charge is 0.472 e. The Bertz CT molecular complexity index is 926. The lowest BCUT2D eigenvalue weighted by molar-refractivity contribution is 0.414. The van der Waals surface area contributed by atoms with Gasteiger partial charge in [-0.15, -0.1) is 11.3 Å². The van der Waals surface area contributed by atoms with Crippen LogP contribution in [0.3, 0.4) is 0 Å². The Labute approximate surface area is 158 Å². The second-order valence-electron chi connectivity index (χ2n) is 6.05. The number of rotatable bonds is 8. The van der Waals surface area contributed by atoms with Crippen LogP contribution in [0.15, 0.2) is 70.2 Å². The Balaban J connectivity index is 1.77. The molecule has 0 radical (unpaired) electrons. The zero-order valence-electron chi connectivity index (χ0n) is 14.5. The molecule has 2 heterocycles. The van der Waals surface area contributed by atoms with Gasteiger partial charge >= 0.3 is 0 Å². The first kappa shape index (κ1) is 18.6. The summed E-state index contributed by atoms with van der Waals surface area (Å²) in [5, 5.41) is 3.29. The van der Waals surface area contributed by atoms with Crippen LogP contribution >= 0.6 is 11.3 Å². The minimum absolute atomic E-state index is 0.294. The summed E-state index contributed by atoms with van der Waals surface area (Å²) < 4.78 is 32.3. The van der Waals surface area contributed by atoms with Crippen molar-refractivity contribution in [2.24, 2.45) is 0 Å². The lowest BCUT2D eigenvalue weighted by Gasteiger charge is -2.19. The van der Waals surface area contributed by atoms with Crippen LogP contribution in [0.5, 0.6) is 0 Å². The molecule has 0 bridgehead atoms. The molecule has 0 saturated carbocycles. The van der Waals surface area contributed by atoms with E-state index in [1.807, 2.05) is 48.7 Å². The Hall–Kier alpha value is -2.15. The predicted octanol–water partition coefficient (Wildman–Crippen LogP) is 4.69. The summed E-state index contributed by atoms with van der Waals surface area (Å²) in [7, 11) is -3.54. The van der Waals surface area contributed by atoms with Gasteiger partial charge in [-0.1, -0.05) is 35.9 Å². The summed E-state index contributed by atoms with van der Waals surface area (Å²) in [4.78, 5) is 1.17. The van der Waals surface area contributed by atoms with E-state index >= 15 is 0 Å². The average Bonchev–Trinajstić information content (AvgIpc) is 3.32. The maximum Gasteiger partial charge on any atom is 0.236 e. The SMILES string of the molecule is Cc1ccc(/C=C/S(=O)(=O)N(CCc2cccs2)Cc2ccoc2)cc1. The second-order valence-corrected chi connectivity index (χ2v) is 8.90. The number of benzene rings is 1. The highest BCUT2D eigenvalue weighted by Crippen LogP contribution is 2.16. The zero-order valence-corrected chi connectivity index (χ0v) is 16.2. The maximum atomic E-state index is 12.9. The Kier molecular flexibility index (Phi) is 6.08. The fourth-order valence-electron chi connectivity index (χ4n) is 2.50. The molecule has 6 heteroatoms. The van der Waals surface area contributed by atoms with E-state index in [9.17, 15) is 8.42 Å².